The predicted octanol–water partition coefficient (Wildman–Crippen LogP) is 6.00. The van der Waals surface area contributed by atoms with E-state index in [1.54, 1.807) is 24.3 Å². The number of benzene rings is 2. The molecule has 29 heavy (non-hydrogen) atoms. The van der Waals surface area contributed by atoms with E-state index in [-0.39, 0.29) is 17.4 Å². The number of rotatable bonds is 6. The van der Waals surface area contributed by atoms with Crippen LogP contribution < -0.4 is 5.32 Å². The average molecular weight is 401 g/mol. The van der Waals surface area contributed by atoms with Crippen molar-refractivity contribution in [1.82, 2.24) is 5.32 Å². The number of nitrogens with one attached hydrogen (secondary N) is 1. The molecule has 1 N–H and O–H groups in total. The fourth-order valence-corrected chi connectivity index (χ4v) is 3.27. The van der Waals surface area contributed by atoms with Gasteiger partial charge in [-0.1, -0.05) is 48.6 Å². The molecule has 0 aliphatic heterocycles. The van der Waals surface area contributed by atoms with Crippen LogP contribution in [0.15, 0.2) is 42.5 Å². The van der Waals surface area contributed by atoms with E-state index in [9.17, 15) is 18.0 Å². The fraction of sp³-hybridized carbons (Fsp3) is 0.375. The molecule has 2 aromatic carbocycles. The molecule has 0 aromatic heterocycles. The van der Waals surface area contributed by atoms with Gasteiger partial charge < -0.3 is 5.32 Å². The Hall–Kier alpha value is -2.56. The van der Waals surface area contributed by atoms with Crippen LogP contribution in [0, 0.1) is 26.7 Å². The number of alkyl halides is 3. The van der Waals surface area contributed by atoms with E-state index in [1.807, 2.05) is 32.9 Å². The molecular formula is C24H26F3NO. The van der Waals surface area contributed by atoms with Crippen LogP contribution in [0.25, 0.3) is 6.08 Å². The van der Waals surface area contributed by atoms with Crippen molar-refractivity contribution in [1.29, 1.82) is 0 Å². The number of amides is 1. The summed E-state index contributed by atoms with van der Waals surface area (Å²) in [5.74, 6) is -1.42. The van der Waals surface area contributed by atoms with Crippen LogP contribution in [-0.4, -0.2) is 12.1 Å². The zero-order valence-corrected chi connectivity index (χ0v) is 16.9. The van der Waals surface area contributed by atoms with E-state index < -0.39 is 12.1 Å². The van der Waals surface area contributed by atoms with Crippen molar-refractivity contribution in [2.75, 3.05) is 0 Å². The molecule has 1 unspecified atom stereocenters. The predicted molar refractivity (Wildman–Crippen MR) is 109 cm³/mol. The molecule has 1 aliphatic carbocycles. The lowest BCUT2D eigenvalue weighted by Crippen LogP contribution is -2.24. The van der Waals surface area contributed by atoms with Gasteiger partial charge in [0.25, 0.3) is 0 Å². The highest BCUT2D eigenvalue weighted by atomic mass is 19.4. The molecule has 1 saturated carbocycles. The standard InChI is InChI=1S/C24H26F3NO/c1-15-4-7-20(13-16(15)2)22(24(25,26)27)11-6-18-5-8-21(17(3)12-18)14-28-23(29)19-9-10-19/h4-8,11-13,19,22H,9-10,14H2,1-3H3,(H,28,29)/b11-6+. The summed E-state index contributed by atoms with van der Waals surface area (Å²) in [7, 11) is 0. The highest BCUT2D eigenvalue weighted by Gasteiger charge is 2.39. The van der Waals surface area contributed by atoms with E-state index in [1.165, 1.54) is 12.2 Å². The third-order valence-electron chi connectivity index (χ3n) is 5.49. The van der Waals surface area contributed by atoms with E-state index in [0.29, 0.717) is 12.1 Å². The second-order valence-corrected chi connectivity index (χ2v) is 7.90. The monoisotopic (exact) mass is 401 g/mol. The van der Waals surface area contributed by atoms with E-state index in [0.717, 1.165) is 35.1 Å². The minimum atomic E-state index is -4.36. The van der Waals surface area contributed by atoms with Gasteiger partial charge in [0.1, 0.15) is 0 Å². The van der Waals surface area contributed by atoms with Gasteiger partial charge in [0.2, 0.25) is 5.91 Å². The largest absolute Gasteiger partial charge is 0.399 e. The van der Waals surface area contributed by atoms with Crippen LogP contribution >= 0.6 is 0 Å². The lowest BCUT2D eigenvalue weighted by atomic mass is 9.94. The van der Waals surface area contributed by atoms with Gasteiger partial charge in [0.15, 0.2) is 0 Å². The van der Waals surface area contributed by atoms with E-state index in [4.69, 9.17) is 0 Å². The highest BCUT2D eigenvalue weighted by Crippen LogP contribution is 2.37. The van der Waals surface area contributed by atoms with Gasteiger partial charge in [0, 0.05) is 12.5 Å². The summed E-state index contributed by atoms with van der Waals surface area (Å²) in [6, 6.07) is 10.4. The first kappa shape index (κ1) is 21.2. The summed E-state index contributed by atoms with van der Waals surface area (Å²) in [5, 5.41) is 2.92. The normalized spacial score (nSPS) is 15.5. The Kier molecular flexibility index (Phi) is 6.15. The number of aryl methyl sites for hydroxylation is 3. The molecule has 1 fully saturated rings. The number of hydrogen-bond acceptors (Lipinski definition) is 1. The van der Waals surface area contributed by atoms with Crippen LogP contribution in [0.2, 0.25) is 0 Å². The maximum absolute atomic E-state index is 13.6. The third-order valence-corrected chi connectivity index (χ3v) is 5.49. The van der Waals surface area contributed by atoms with Crippen LogP contribution in [0.4, 0.5) is 13.2 Å². The van der Waals surface area contributed by atoms with Crippen molar-refractivity contribution >= 4 is 12.0 Å². The van der Waals surface area contributed by atoms with Gasteiger partial charge in [-0.25, -0.2) is 0 Å². The van der Waals surface area contributed by atoms with Crippen molar-refractivity contribution < 1.29 is 18.0 Å². The number of halogens is 3. The summed E-state index contributed by atoms with van der Waals surface area (Å²) in [5.41, 5.74) is 4.68. The van der Waals surface area contributed by atoms with Crippen molar-refractivity contribution in [3.8, 4) is 0 Å². The average Bonchev–Trinajstić information content (AvgIpc) is 3.48. The Labute approximate surface area is 169 Å². The molecule has 0 heterocycles. The van der Waals surface area contributed by atoms with E-state index in [2.05, 4.69) is 5.32 Å². The summed E-state index contributed by atoms with van der Waals surface area (Å²) in [6.07, 6.45) is 0.283. The second-order valence-electron chi connectivity index (χ2n) is 7.90. The first-order valence-electron chi connectivity index (χ1n) is 9.84. The van der Waals surface area contributed by atoms with Gasteiger partial charge in [0.05, 0.1) is 5.92 Å². The smallest absolute Gasteiger partial charge is 0.352 e. The molecule has 1 atom stereocenters. The molecule has 0 radical (unpaired) electrons. The molecule has 2 nitrogen and oxygen atoms in total. The summed E-state index contributed by atoms with van der Waals surface area (Å²) in [4.78, 5) is 11.8. The third kappa shape index (κ3) is 5.49. The lowest BCUT2D eigenvalue weighted by Gasteiger charge is -2.18. The maximum atomic E-state index is 13.6. The van der Waals surface area contributed by atoms with Crippen LogP contribution in [0.3, 0.4) is 0 Å². The Morgan fingerprint density at radius 2 is 1.79 bits per heavy atom. The second kappa shape index (κ2) is 8.44. The molecule has 5 heteroatoms. The minimum Gasteiger partial charge on any atom is -0.352 e. The molecule has 0 bridgehead atoms. The zero-order chi connectivity index (χ0) is 21.2. The first-order chi connectivity index (χ1) is 13.6. The van der Waals surface area contributed by atoms with Crippen molar-refractivity contribution in [2.24, 2.45) is 5.92 Å². The molecular weight excluding hydrogens is 375 g/mol. The number of allylic oxidation sites excluding steroid dienone is 1. The first-order valence-corrected chi connectivity index (χ1v) is 9.84. The SMILES string of the molecule is Cc1ccc(C(/C=C/c2ccc(CNC(=O)C3CC3)c(C)c2)C(F)(F)F)cc1C. The van der Waals surface area contributed by atoms with Crippen LogP contribution in [0.1, 0.15) is 52.1 Å². The van der Waals surface area contributed by atoms with Crippen LogP contribution in [0.5, 0.6) is 0 Å². The van der Waals surface area contributed by atoms with Gasteiger partial charge in [-0.3, -0.25) is 4.79 Å². The Balaban J connectivity index is 1.75. The van der Waals surface area contributed by atoms with Crippen molar-refractivity contribution in [3.63, 3.8) is 0 Å². The van der Waals surface area contributed by atoms with Gasteiger partial charge in [-0.05, 0) is 67.0 Å². The topological polar surface area (TPSA) is 29.1 Å². The Morgan fingerprint density at radius 1 is 1.07 bits per heavy atom. The lowest BCUT2D eigenvalue weighted by molar-refractivity contribution is -0.139. The van der Waals surface area contributed by atoms with E-state index >= 15 is 0 Å². The number of hydrogen-bond donors (Lipinski definition) is 1. The molecule has 154 valence electrons. The molecule has 0 spiro atoms. The number of carbonyl (C=O) groups is 1. The van der Waals surface area contributed by atoms with Gasteiger partial charge in [-0.15, -0.1) is 0 Å². The summed E-state index contributed by atoms with van der Waals surface area (Å²) < 4.78 is 40.9. The quantitative estimate of drug-likeness (QED) is 0.632. The van der Waals surface area contributed by atoms with Crippen LogP contribution in [-0.2, 0) is 11.3 Å². The Bertz CT molecular complexity index is 926. The highest BCUT2D eigenvalue weighted by molar-refractivity contribution is 5.80. The van der Waals surface area contributed by atoms with Gasteiger partial charge >= 0.3 is 6.18 Å². The van der Waals surface area contributed by atoms with Gasteiger partial charge in [-0.2, -0.15) is 13.2 Å². The van der Waals surface area contributed by atoms with Crippen molar-refractivity contribution in [2.45, 2.75) is 52.3 Å². The molecule has 2 aromatic rings. The molecule has 1 amide bonds. The minimum absolute atomic E-state index is 0.0785. The summed E-state index contributed by atoms with van der Waals surface area (Å²) in [6.45, 7) is 6.05. The maximum Gasteiger partial charge on any atom is 0.399 e. The zero-order valence-electron chi connectivity index (χ0n) is 16.9. The molecule has 0 saturated heterocycles. The molecule has 3 rings (SSSR count). The number of carbonyl (C=O) groups excluding carboxylic acids is 1. The fourth-order valence-electron chi connectivity index (χ4n) is 3.27. The Morgan fingerprint density at radius 3 is 2.38 bits per heavy atom. The van der Waals surface area contributed by atoms with Crippen molar-refractivity contribution in [3.05, 3.63) is 75.9 Å². The summed E-state index contributed by atoms with van der Waals surface area (Å²) >= 11 is 0. The molecule has 1 aliphatic rings.